The molecule has 0 atom stereocenters. The highest BCUT2D eigenvalue weighted by atomic mass is 32.1. The summed E-state index contributed by atoms with van der Waals surface area (Å²) in [6, 6.07) is 5.45. The minimum Gasteiger partial charge on any atom is -0.496 e. The standard InChI is InChI=1S/C13H12N4O2S/c1-18-8-5-10(16-11(6-8)19-2)17-13-12-9(3-4-20-12)14-7-15-13/h3-7H,1-2H3,(H,14,15,16,17). The number of methoxy groups -OCH3 is 2. The van der Waals surface area contributed by atoms with Crippen LogP contribution in [0.3, 0.4) is 0 Å². The van der Waals surface area contributed by atoms with Crippen LogP contribution in [0.5, 0.6) is 11.6 Å². The van der Waals surface area contributed by atoms with Gasteiger partial charge in [-0.3, -0.25) is 0 Å². The molecule has 0 radical (unpaired) electrons. The third-order valence-corrected chi connectivity index (χ3v) is 3.62. The Labute approximate surface area is 119 Å². The van der Waals surface area contributed by atoms with E-state index in [1.165, 1.54) is 6.33 Å². The predicted octanol–water partition coefficient (Wildman–Crippen LogP) is 2.85. The molecule has 0 bridgehead atoms. The van der Waals surface area contributed by atoms with Crippen LogP contribution in [0, 0.1) is 0 Å². The van der Waals surface area contributed by atoms with Gasteiger partial charge in [-0.2, -0.15) is 4.98 Å². The molecule has 3 aromatic rings. The Morgan fingerprint density at radius 3 is 2.85 bits per heavy atom. The van der Waals surface area contributed by atoms with Gasteiger partial charge in [-0.1, -0.05) is 0 Å². The number of nitrogens with zero attached hydrogens (tertiary/aromatic N) is 3. The van der Waals surface area contributed by atoms with Gasteiger partial charge in [0.2, 0.25) is 5.88 Å². The van der Waals surface area contributed by atoms with Crippen LogP contribution >= 0.6 is 11.3 Å². The van der Waals surface area contributed by atoms with Gasteiger partial charge in [0.25, 0.3) is 0 Å². The van der Waals surface area contributed by atoms with E-state index in [2.05, 4.69) is 20.3 Å². The van der Waals surface area contributed by atoms with Crippen molar-refractivity contribution in [2.24, 2.45) is 0 Å². The number of rotatable bonds is 4. The van der Waals surface area contributed by atoms with Crippen molar-refractivity contribution in [3.05, 3.63) is 29.9 Å². The number of anilines is 2. The summed E-state index contributed by atoms with van der Waals surface area (Å²) in [6.07, 6.45) is 1.52. The zero-order valence-electron chi connectivity index (χ0n) is 11.0. The molecule has 6 nitrogen and oxygen atoms in total. The van der Waals surface area contributed by atoms with E-state index in [1.54, 1.807) is 37.7 Å². The molecule has 0 saturated heterocycles. The zero-order valence-corrected chi connectivity index (χ0v) is 11.8. The van der Waals surface area contributed by atoms with Gasteiger partial charge >= 0.3 is 0 Å². The van der Waals surface area contributed by atoms with Crippen LogP contribution in [0.1, 0.15) is 0 Å². The normalized spacial score (nSPS) is 10.5. The lowest BCUT2D eigenvalue weighted by Gasteiger charge is -2.09. The molecule has 0 saturated carbocycles. The molecule has 0 spiro atoms. The van der Waals surface area contributed by atoms with Crippen LogP contribution in [0.15, 0.2) is 29.9 Å². The monoisotopic (exact) mass is 288 g/mol. The average molecular weight is 288 g/mol. The van der Waals surface area contributed by atoms with Gasteiger partial charge in [0.1, 0.15) is 17.9 Å². The molecule has 0 unspecified atom stereocenters. The maximum atomic E-state index is 5.22. The fourth-order valence-electron chi connectivity index (χ4n) is 1.77. The van der Waals surface area contributed by atoms with E-state index in [9.17, 15) is 0 Å². The zero-order chi connectivity index (χ0) is 13.9. The van der Waals surface area contributed by atoms with Crippen LogP contribution in [0.2, 0.25) is 0 Å². The molecule has 7 heteroatoms. The van der Waals surface area contributed by atoms with Crippen LogP contribution in [0.4, 0.5) is 11.6 Å². The second-order valence-corrected chi connectivity index (χ2v) is 4.83. The minimum atomic E-state index is 0.475. The van der Waals surface area contributed by atoms with Gasteiger partial charge < -0.3 is 14.8 Å². The summed E-state index contributed by atoms with van der Waals surface area (Å²) in [4.78, 5) is 12.8. The van der Waals surface area contributed by atoms with Crippen molar-refractivity contribution in [2.45, 2.75) is 0 Å². The molecule has 0 aliphatic carbocycles. The van der Waals surface area contributed by atoms with E-state index >= 15 is 0 Å². The summed E-state index contributed by atoms with van der Waals surface area (Å²) in [5, 5.41) is 5.15. The number of aromatic nitrogens is 3. The van der Waals surface area contributed by atoms with Crippen LogP contribution in [-0.4, -0.2) is 29.2 Å². The molecule has 3 heterocycles. The Morgan fingerprint density at radius 1 is 1.15 bits per heavy atom. The number of ether oxygens (including phenoxy) is 2. The highest BCUT2D eigenvalue weighted by Gasteiger charge is 2.08. The third-order valence-electron chi connectivity index (χ3n) is 2.71. The molecule has 20 heavy (non-hydrogen) atoms. The molecular weight excluding hydrogens is 276 g/mol. The van der Waals surface area contributed by atoms with E-state index < -0.39 is 0 Å². The summed E-state index contributed by atoms with van der Waals surface area (Å²) in [6.45, 7) is 0. The van der Waals surface area contributed by atoms with Crippen LogP contribution in [-0.2, 0) is 0 Å². The molecule has 3 aromatic heterocycles. The first-order valence-electron chi connectivity index (χ1n) is 5.85. The Morgan fingerprint density at radius 2 is 2.05 bits per heavy atom. The van der Waals surface area contributed by atoms with Crippen molar-refractivity contribution in [3.8, 4) is 11.6 Å². The van der Waals surface area contributed by atoms with E-state index in [4.69, 9.17) is 9.47 Å². The number of thiophene rings is 1. The van der Waals surface area contributed by atoms with Crippen molar-refractivity contribution in [1.82, 2.24) is 15.0 Å². The maximum absolute atomic E-state index is 5.22. The molecule has 1 N–H and O–H groups in total. The SMILES string of the molecule is COc1cc(Nc2ncnc3ccsc23)nc(OC)c1. The summed E-state index contributed by atoms with van der Waals surface area (Å²) >= 11 is 1.58. The molecule has 102 valence electrons. The van der Waals surface area contributed by atoms with Crippen molar-refractivity contribution >= 4 is 33.2 Å². The second-order valence-electron chi connectivity index (χ2n) is 3.92. The maximum Gasteiger partial charge on any atom is 0.218 e. The van der Waals surface area contributed by atoms with Crippen molar-refractivity contribution in [1.29, 1.82) is 0 Å². The topological polar surface area (TPSA) is 69.2 Å². The van der Waals surface area contributed by atoms with E-state index in [1.807, 2.05) is 11.4 Å². The van der Waals surface area contributed by atoms with Gasteiger partial charge in [0.15, 0.2) is 5.82 Å². The fraction of sp³-hybridized carbons (Fsp3) is 0.154. The van der Waals surface area contributed by atoms with E-state index in [0.717, 1.165) is 10.2 Å². The Hall–Kier alpha value is -2.41. The molecule has 3 rings (SSSR count). The molecule has 0 fully saturated rings. The predicted molar refractivity (Wildman–Crippen MR) is 78.0 cm³/mol. The lowest BCUT2D eigenvalue weighted by Crippen LogP contribution is -1.99. The lowest BCUT2D eigenvalue weighted by molar-refractivity contribution is 0.383. The summed E-state index contributed by atoms with van der Waals surface area (Å²) in [5.74, 6) is 2.46. The van der Waals surface area contributed by atoms with Crippen molar-refractivity contribution < 1.29 is 9.47 Å². The number of hydrogen-bond donors (Lipinski definition) is 1. The third kappa shape index (κ3) is 2.35. The second kappa shape index (κ2) is 5.30. The molecule has 0 aliphatic rings. The highest BCUT2D eigenvalue weighted by Crippen LogP contribution is 2.29. The van der Waals surface area contributed by atoms with Crippen molar-refractivity contribution in [2.75, 3.05) is 19.5 Å². The van der Waals surface area contributed by atoms with Crippen molar-refractivity contribution in [3.63, 3.8) is 0 Å². The van der Waals surface area contributed by atoms with Gasteiger partial charge in [-0.15, -0.1) is 11.3 Å². The van der Waals surface area contributed by atoms with Gasteiger partial charge in [0, 0.05) is 12.1 Å². The largest absolute Gasteiger partial charge is 0.496 e. The van der Waals surface area contributed by atoms with Crippen LogP contribution < -0.4 is 14.8 Å². The van der Waals surface area contributed by atoms with Gasteiger partial charge in [-0.05, 0) is 11.4 Å². The average Bonchev–Trinajstić information content (AvgIpc) is 2.96. The molecular formula is C13H12N4O2S. The summed E-state index contributed by atoms with van der Waals surface area (Å²) < 4.78 is 11.3. The number of hydrogen-bond acceptors (Lipinski definition) is 7. The molecule has 0 aliphatic heterocycles. The number of pyridine rings is 1. The first kappa shape index (κ1) is 12.6. The Kier molecular flexibility index (Phi) is 3.34. The Balaban J connectivity index is 2.00. The number of fused-ring (bicyclic) bond motifs is 1. The lowest BCUT2D eigenvalue weighted by atomic mass is 10.4. The molecule has 0 aromatic carbocycles. The van der Waals surface area contributed by atoms with Gasteiger partial charge in [0.05, 0.1) is 24.4 Å². The fourth-order valence-corrected chi connectivity index (χ4v) is 2.56. The quantitative estimate of drug-likeness (QED) is 0.796. The van der Waals surface area contributed by atoms with E-state index in [-0.39, 0.29) is 0 Å². The summed E-state index contributed by atoms with van der Waals surface area (Å²) in [5.41, 5.74) is 0.905. The smallest absolute Gasteiger partial charge is 0.218 e. The van der Waals surface area contributed by atoms with E-state index in [0.29, 0.717) is 23.3 Å². The highest BCUT2D eigenvalue weighted by molar-refractivity contribution is 7.17. The first-order chi connectivity index (χ1) is 9.80. The summed E-state index contributed by atoms with van der Waals surface area (Å²) in [7, 11) is 3.16. The number of nitrogens with one attached hydrogen (secondary N) is 1. The first-order valence-corrected chi connectivity index (χ1v) is 6.73. The van der Waals surface area contributed by atoms with Crippen LogP contribution in [0.25, 0.3) is 10.2 Å². The minimum absolute atomic E-state index is 0.475. The van der Waals surface area contributed by atoms with Gasteiger partial charge in [-0.25, -0.2) is 9.97 Å². The molecule has 0 amide bonds. The Bertz CT molecular complexity index is 722.